The fraction of sp³-hybridized carbons (Fsp3) is 0.385. The summed E-state index contributed by atoms with van der Waals surface area (Å²) in [5.74, 6) is 0.776. The van der Waals surface area contributed by atoms with E-state index in [9.17, 15) is 9.59 Å². The molecule has 0 aliphatic carbocycles. The van der Waals surface area contributed by atoms with Crippen molar-refractivity contribution in [3.63, 3.8) is 0 Å². The van der Waals surface area contributed by atoms with E-state index in [2.05, 4.69) is 17.1 Å². The summed E-state index contributed by atoms with van der Waals surface area (Å²) >= 11 is 1.36. The molecule has 0 spiro atoms. The first-order valence-electron chi connectivity index (χ1n) is 11.6. The number of unbranched alkanes of at least 4 members (excludes halogenated alkanes) is 1. The molecule has 0 saturated heterocycles. The molecule has 1 amide bonds. The molecule has 0 bridgehead atoms. The minimum absolute atomic E-state index is 0.0294. The molecule has 0 fully saturated rings. The molecule has 2 heterocycles. The van der Waals surface area contributed by atoms with E-state index in [1.54, 1.807) is 4.57 Å². The zero-order valence-corrected chi connectivity index (χ0v) is 21.0. The number of hydrogen-bond acceptors (Lipinski definition) is 5. The van der Waals surface area contributed by atoms with Gasteiger partial charge in [-0.15, -0.1) is 10.2 Å². The van der Waals surface area contributed by atoms with Crippen LogP contribution in [0.2, 0.25) is 0 Å². The molecule has 0 aliphatic heterocycles. The third kappa shape index (κ3) is 4.87. The van der Waals surface area contributed by atoms with Crippen LogP contribution in [0, 0.1) is 0 Å². The van der Waals surface area contributed by atoms with Gasteiger partial charge in [-0.05, 0) is 44.9 Å². The Morgan fingerprint density at radius 1 is 1.03 bits per heavy atom. The van der Waals surface area contributed by atoms with Crippen LogP contribution < -0.4 is 5.56 Å². The highest BCUT2D eigenvalue weighted by Gasteiger charge is 2.27. The molecule has 0 saturated carbocycles. The monoisotopic (exact) mass is 477 g/mol. The molecular weight excluding hydrogens is 446 g/mol. The molecular formula is C26H31N5O2S. The van der Waals surface area contributed by atoms with Crippen LogP contribution in [0.3, 0.4) is 0 Å². The Morgan fingerprint density at radius 3 is 2.44 bits per heavy atom. The molecule has 2 aromatic carbocycles. The fourth-order valence-electron chi connectivity index (χ4n) is 4.01. The van der Waals surface area contributed by atoms with E-state index < -0.39 is 0 Å². The Balaban J connectivity index is 1.66. The topological polar surface area (TPSA) is 72.5 Å². The Kier molecular flexibility index (Phi) is 7.07. The summed E-state index contributed by atoms with van der Waals surface area (Å²) < 4.78 is 3.60. The molecule has 178 valence electrons. The molecule has 0 radical (unpaired) electrons. The van der Waals surface area contributed by atoms with Gasteiger partial charge < -0.3 is 4.90 Å². The number of amides is 1. The van der Waals surface area contributed by atoms with Gasteiger partial charge in [-0.3, -0.25) is 18.6 Å². The SMILES string of the molecule is CCCCn1c(=O)c2ccccc2n2c(SCC(=O)N(Cc3ccccc3)C(C)(C)C)nnc12. The number of para-hydroxylation sites is 1. The largest absolute Gasteiger partial charge is 0.333 e. The van der Waals surface area contributed by atoms with Gasteiger partial charge in [-0.2, -0.15) is 0 Å². The van der Waals surface area contributed by atoms with Crippen LogP contribution >= 0.6 is 11.8 Å². The van der Waals surface area contributed by atoms with Crippen molar-refractivity contribution in [2.24, 2.45) is 0 Å². The highest BCUT2D eigenvalue weighted by molar-refractivity contribution is 7.99. The van der Waals surface area contributed by atoms with Gasteiger partial charge in [0.05, 0.1) is 16.7 Å². The molecule has 0 unspecified atom stereocenters. The molecule has 4 rings (SSSR count). The van der Waals surface area contributed by atoms with E-state index in [1.165, 1.54) is 11.8 Å². The van der Waals surface area contributed by atoms with Crippen molar-refractivity contribution >= 4 is 34.3 Å². The maximum absolute atomic E-state index is 13.3. The van der Waals surface area contributed by atoms with Crippen molar-refractivity contribution in [2.75, 3.05) is 5.75 Å². The van der Waals surface area contributed by atoms with Crippen LogP contribution in [-0.4, -0.2) is 41.3 Å². The van der Waals surface area contributed by atoms with Crippen LogP contribution in [0.4, 0.5) is 0 Å². The highest BCUT2D eigenvalue weighted by atomic mass is 32.2. The molecule has 0 N–H and O–H groups in total. The molecule has 2 aromatic heterocycles. The predicted molar refractivity (Wildman–Crippen MR) is 137 cm³/mol. The fourth-order valence-corrected chi connectivity index (χ4v) is 4.83. The van der Waals surface area contributed by atoms with Gasteiger partial charge in [0.2, 0.25) is 11.7 Å². The second-order valence-corrected chi connectivity index (χ2v) is 10.3. The average Bonchev–Trinajstić information content (AvgIpc) is 3.25. The minimum Gasteiger partial charge on any atom is -0.333 e. The Morgan fingerprint density at radius 2 is 1.74 bits per heavy atom. The summed E-state index contributed by atoms with van der Waals surface area (Å²) in [7, 11) is 0. The number of hydrogen-bond donors (Lipinski definition) is 0. The summed E-state index contributed by atoms with van der Waals surface area (Å²) in [4.78, 5) is 28.4. The number of carbonyl (C=O) groups excluding carboxylic acids is 1. The van der Waals surface area contributed by atoms with E-state index in [1.807, 2.05) is 84.7 Å². The van der Waals surface area contributed by atoms with Gasteiger partial charge in [0.1, 0.15) is 0 Å². The zero-order chi connectivity index (χ0) is 24.3. The van der Waals surface area contributed by atoms with Crippen molar-refractivity contribution in [1.29, 1.82) is 0 Å². The van der Waals surface area contributed by atoms with E-state index in [-0.39, 0.29) is 22.8 Å². The number of nitrogens with zero attached hydrogens (tertiary/aromatic N) is 5. The van der Waals surface area contributed by atoms with Crippen molar-refractivity contribution in [2.45, 2.75) is 64.3 Å². The van der Waals surface area contributed by atoms with E-state index in [0.29, 0.717) is 29.4 Å². The summed E-state index contributed by atoms with van der Waals surface area (Å²) in [6.07, 6.45) is 1.85. The first kappa shape index (κ1) is 24.0. The second-order valence-electron chi connectivity index (χ2n) is 9.37. The first-order valence-corrected chi connectivity index (χ1v) is 12.6. The van der Waals surface area contributed by atoms with Crippen LogP contribution in [0.25, 0.3) is 16.7 Å². The van der Waals surface area contributed by atoms with Crippen LogP contribution in [0.1, 0.15) is 46.1 Å². The quantitative estimate of drug-likeness (QED) is 0.342. The van der Waals surface area contributed by atoms with Crippen LogP contribution in [-0.2, 0) is 17.9 Å². The van der Waals surface area contributed by atoms with Gasteiger partial charge >= 0.3 is 0 Å². The summed E-state index contributed by atoms with van der Waals surface area (Å²) in [6.45, 7) is 9.36. The van der Waals surface area contributed by atoms with Gasteiger partial charge in [-0.1, -0.05) is 67.6 Å². The number of thioether (sulfide) groups is 1. The van der Waals surface area contributed by atoms with Gasteiger partial charge in [0.15, 0.2) is 5.16 Å². The Labute approximate surface area is 203 Å². The Hall–Kier alpha value is -3.13. The van der Waals surface area contributed by atoms with Crippen molar-refractivity contribution in [1.82, 2.24) is 24.1 Å². The lowest BCUT2D eigenvalue weighted by molar-refractivity contribution is -0.133. The smallest absolute Gasteiger partial charge is 0.262 e. The minimum atomic E-state index is -0.326. The molecule has 34 heavy (non-hydrogen) atoms. The molecule has 4 aromatic rings. The van der Waals surface area contributed by atoms with E-state index in [0.717, 1.165) is 23.9 Å². The third-order valence-electron chi connectivity index (χ3n) is 5.83. The second kappa shape index (κ2) is 10.0. The van der Waals surface area contributed by atoms with Gasteiger partial charge in [-0.25, -0.2) is 0 Å². The van der Waals surface area contributed by atoms with Crippen LogP contribution in [0.15, 0.2) is 64.5 Å². The number of aromatic nitrogens is 4. The highest BCUT2D eigenvalue weighted by Crippen LogP contribution is 2.24. The molecule has 7 nitrogen and oxygen atoms in total. The van der Waals surface area contributed by atoms with Crippen LogP contribution in [0.5, 0.6) is 0 Å². The summed E-state index contributed by atoms with van der Waals surface area (Å²) in [6, 6.07) is 17.5. The maximum Gasteiger partial charge on any atom is 0.262 e. The first-order chi connectivity index (χ1) is 16.3. The van der Waals surface area contributed by atoms with Gasteiger partial charge in [0.25, 0.3) is 5.56 Å². The number of aryl methyl sites for hydroxylation is 1. The molecule has 0 atom stereocenters. The predicted octanol–water partition coefficient (Wildman–Crippen LogP) is 4.76. The molecule has 0 aliphatic rings. The van der Waals surface area contributed by atoms with Crippen molar-refractivity contribution in [3.8, 4) is 0 Å². The summed E-state index contributed by atoms with van der Waals surface area (Å²) in [5.41, 5.74) is 1.47. The summed E-state index contributed by atoms with van der Waals surface area (Å²) in [5, 5.41) is 9.96. The van der Waals surface area contributed by atoms with Crippen molar-refractivity contribution in [3.05, 3.63) is 70.5 Å². The zero-order valence-electron chi connectivity index (χ0n) is 20.2. The average molecular weight is 478 g/mol. The lowest BCUT2D eigenvalue weighted by atomic mass is 10.0. The Bertz CT molecular complexity index is 1350. The standard InChI is InChI=1S/C26H31N5O2S/c1-5-6-16-29-23(33)20-14-10-11-15-21(20)31-24(29)27-28-25(31)34-18-22(32)30(26(2,3)4)17-19-12-8-7-9-13-19/h7-15H,5-6,16-18H2,1-4H3. The number of fused-ring (bicyclic) bond motifs is 3. The lowest BCUT2D eigenvalue weighted by Gasteiger charge is -2.36. The third-order valence-corrected chi connectivity index (χ3v) is 6.75. The maximum atomic E-state index is 13.3. The lowest BCUT2D eigenvalue weighted by Crippen LogP contribution is -2.45. The number of benzene rings is 2. The molecule has 8 heteroatoms. The van der Waals surface area contributed by atoms with E-state index >= 15 is 0 Å². The number of rotatable bonds is 8. The van der Waals surface area contributed by atoms with Gasteiger partial charge in [0, 0.05) is 18.6 Å². The number of carbonyl (C=O) groups is 1. The van der Waals surface area contributed by atoms with Crippen molar-refractivity contribution < 1.29 is 4.79 Å². The van der Waals surface area contributed by atoms with E-state index in [4.69, 9.17) is 0 Å². The normalized spacial score (nSPS) is 11.9.